The average Bonchev–Trinajstić information content (AvgIpc) is 2.28. The zero-order valence-electron chi connectivity index (χ0n) is 9.21. The van der Waals surface area contributed by atoms with Crippen molar-refractivity contribution in [2.24, 2.45) is 0 Å². The maximum Gasteiger partial charge on any atom is 0.325 e. The number of halogens is 1. The van der Waals surface area contributed by atoms with Crippen molar-refractivity contribution < 1.29 is 19.6 Å². The maximum atomic E-state index is 11.7. The van der Waals surface area contributed by atoms with Crippen molar-refractivity contribution in [3.05, 3.63) is 38.3 Å². The smallest absolute Gasteiger partial charge is 0.325 e. The van der Waals surface area contributed by atoms with Gasteiger partial charge in [0, 0.05) is 16.6 Å². The molecule has 1 aromatic rings. The third-order valence-corrected chi connectivity index (χ3v) is 2.81. The second-order valence-corrected chi connectivity index (χ2v) is 4.31. The lowest BCUT2D eigenvalue weighted by Crippen LogP contribution is -2.38. The molecule has 1 rings (SSSR count). The highest BCUT2D eigenvalue weighted by molar-refractivity contribution is 9.10. The lowest BCUT2D eigenvalue weighted by molar-refractivity contribution is -0.384. The highest BCUT2D eigenvalue weighted by Crippen LogP contribution is 2.22. The molecule has 8 heteroatoms. The van der Waals surface area contributed by atoms with E-state index in [0.717, 1.165) is 6.07 Å². The molecule has 1 amide bonds. The van der Waals surface area contributed by atoms with E-state index in [1.165, 1.54) is 19.1 Å². The number of carboxylic acids is 1. The molecular formula is C10H9BrN2O5. The van der Waals surface area contributed by atoms with E-state index in [1.807, 2.05) is 0 Å². The standard InChI is InChI=1S/C10H9BrN2O5/c1-5(10(15)16)12-9(14)7-4-6(13(17)18)2-3-8(7)11/h2-5H,1H3,(H,12,14)(H,15,16). The summed E-state index contributed by atoms with van der Waals surface area (Å²) in [5.74, 6) is -1.88. The summed E-state index contributed by atoms with van der Waals surface area (Å²) in [6.07, 6.45) is 0. The first-order chi connectivity index (χ1) is 8.32. The first kappa shape index (κ1) is 14.1. The Morgan fingerprint density at radius 3 is 2.61 bits per heavy atom. The number of aliphatic carboxylic acids is 1. The molecule has 0 fully saturated rings. The van der Waals surface area contributed by atoms with Crippen molar-refractivity contribution in [1.29, 1.82) is 0 Å². The van der Waals surface area contributed by atoms with Crippen LogP contribution in [0.4, 0.5) is 5.69 Å². The van der Waals surface area contributed by atoms with Gasteiger partial charge in [0.1, 0.15) is 6.04 Å². The average molecular weight is 317 g/mol. The second-order valence-electron chi connectivity index (χ2n) is 3.45. The number of hydrogen-bond acceptors (Lipinski definition) is 4. The van der Waals surface area contributed by atoms with Crippen molar-refractivity contribution in [2.45, 2.75) is 13.0 Å². The van der Waals surface area contributed by atoms with Crippen LogP contribution in [0.1, 0.15) is 17.3 Å². The fraction of sp³-hybridized carbons (Fsp3) is 0.200. The van der Waals surface area contributed by atoms with Gasteiger partial charge >= 0.3 is 5.97 Å². The molecule has 0 spiro atoms. The molecule has 0 aliphatic rings. The first-order valence-corrected chi connectivity index (χ1v) is 5.60. The monoisotopic (exact) mass is 316 g/mol. The predicted octanol–water partition coefficient (Wildman–Crippen LogP) is 1.56. The molecule has 0 saturated heterocycles. The van der Waals surface area contributed by atoms with Gasteiger partial charge in [-0.3, -0.25) is 19.7 Å². The molecule has 0 bridgehead atoms. The van der Waals surface area contributed by atoms with Gasteiger partial charge in [-0.05, 0) is 28.9 Å². The highest BCUT2D eigenvalue weighted by Gasteiger charge is 2.19. The van der Waals surface area contributed by atoms with Gasteiger partial charge in [-0.1, -0.05) is 0 Å². The summed E-state index contributed by atoms with van der Waals surface area (Å²) in [7, 11) is 0. The predicted molar refractivity (Wildman–Crippen MR) is 65.4 cm³/mol. The number of benzene rings is 1. The van der Waals surface area contributed by atoms with E-state index in [-0.39, 0.29) is 11.3 Å². The summed E-state index contributed by atoms with van der Waals surface area (Å²) in [5, 5.41) is 21.4. The number of hydrogen-bond donors (Lipinski definition) is 2. The van der Waals surface area contributed by atoms with E-state index in [2.05, 4.69) is 21.2 Å². The van der Waals surface area contributed by atoms with Crippen LogP contribution in [0.3, 0.4) is 0 Å². The number of amides is 1. The van der Waals surface area contributed by atoms with Crippen LogP contribution in [0.25, 0.3) is 0 Å². The second kappa shape index (κ2) is 5.58. The SMILES string of the molecule is CC(NC(=O)c1cc([N+](=O)[O-])ccc1Br)C(=O)O. The molecule has 96 valence electrons. The van der Waals surface area contributed by atoms with Gasteiger partial charge in [-0.25, -0.2) is 0 Å². The van der Waals surface area contributed by atoms with Crippen molar-refractivity contribution in [3.63, 3.8) is 0 Å². The van der Waals surface area contributed by atoms with Crippen LogP contribution in [0.15, 0.2) is 22.7 Å². The minimum Gasteiger partial charge on any atom is -0.480 e. The fourth-order valence-electron chi connectivity index (χ4n) is 1.14. The van der Waals surface area contributed by atoms with Crippen LogP contribution in [0.5, 0.6) is 0 Å². The first-order valence-electron chi connectivity index (χ1n) is 4.80. The van der Waals surface area contributed by atoms with E-state index in [9.17, 15) is 19.7 Å². The molecule has 7 nitrogen and oxygen atoms in total. The Balaban J connectivity index is 3.01. The van der Waals surface area contributed by atoms with Crippen LogP contribution in [0.2, 0.25) is 0 Å². The van der Waals surface area contributed by atoms with E-state index in [4.69, 9.17) is 5.11 Å². The third kappa shape index (κ3) is 3.27. The van der Waals surface area contributed by atoms with Crippen molar-refractivity contribution in [2.75, 3.05) is 0 Å². The number of carbonyl (C=O) groups is 2. The van der Waals surface area contributed by atoms with Crippen LogP contribution in [0, 0.1) is 10.1 Å². The Labute approximate surface area is 110 Å². The normalized spacial score (nSPS) is 11.7. The van der Waals surface area contributed by atoms with E-state index < -0.39 is 22.8 Å². The van der Waals surface area contributed by atoms with E-state index >= 15 is 0 Å². The summed E-state index contributed by atoms with van der Waals surface area (Å²) in [5.41, 5.74) is -0.233. The molecule has 1 atom stereocenters. The lowest BCUT2D eigenvalue weighted by Gasteiger charge is -2.10. The minimum absolute atomic E-state index is 0.0114. The third-order valence-electron chi connectivity index (χ3n) is 2.12. The maximum absolute atomic E-state index is 11.7. The fourth-order valence-corrected chi connectivity index (χ4v) is 1.56. The van der Waals surface area contributed by atoms with Crippen LogP contribution >= 0.6 is 15.9 Å². The zero-order valence-corrected chi connectivity index (χ0v) is 10.8. The summed E-state index contributed by atoms with van der Waals surface area (Å²) in [6.45, 7) is 1.30. The number of non-ortho nitro benzene ring substituents is 1. The van der Waals surface area contributed by atoms with Gasteiger partial charge in [0.15, 0.2) is 0 Å². The topological polar surface area (TPSA) is 110 Å². The van der Waals surface area contributed by atoms with Crippen LogP contribution in [-0.4, -0.2) is 27.9 Å². The molecule has 0 aliphatic carbocycles. The Hall–Kier alpha value is -1.96. The van der Waals surface area contributed by atoms with Gasteiger partial charge in [-0.15, -0.1) is 0 Å². The summed E-state index contributed by atoms with van der Waals surface area (Å²) in [4.78, 5) is 32.3. The van der Waals surface area contributed by atoms with Crippen molar-refractivity contribution >= 4 is 33.5 Å². The minimum atomic E-state index is -1.19. The molecule has 1 aromatic carbocycles. The van der Waals surface area contributed by atoms with Crippen molar-refractivity contribution in [3.8, 4) is 0 Å². The zero-order chi connectivity index (χ0) is 13.9. The molecule has 0 aromatic heterocycles. The molecule has 0 radical (unpaired) electrons. The Morgan fingerprint density at radius 2 is 2.11 bits per heavy atom. The molecule has 18 heavy (non-hydrogen) atoms. The van der Waals surface area contributed by atoms with Crippen LogP contribution < -0.4 is 5.32 Å². The number of rotatable bonds is 4. The van der Waals surface area contributed by atoms with Gasteiger partial charge in [0.05, 0.1) is 10.5 Å². The quantitative estimate of drug-likeness (QED) is 0.647. The number of nitro groups is 1. The number of nitrogens with one attached hydrogen (secondary N) is 1. The largest absolute Gasteiger partial charge is 0.480 e. The summed E-state index contributed by atoms with van der Waals surface area (Å²) in [6, 6.07) is 2.59. The number of nitro benzene ring substituents is 1. The molecule has 0 heterocycles. The number of carbonyl (C=O) groups excluding carboxylic acids is 1. The summed E-state index contributed by atoms with van der Waals surface area (Å²) < 4.78 is 0.350. The van der Waals surface area contributed by atoms with E-state index in [1.54, 1.807) is 0 Å². The van der Waals surface area contributed by atoms with Gasteiger partial charge in [0.2, 0.25) is 0 Å². The Bertz CT molecular complexity index is 517. The van der Waals surface area contributed by atoms with Gasteiger partial charge in [0.25, 0.3) is 11.6 Å². The van der Waals surface area contributed by atoms with E-state index in [0.29, 0.717) is 4.47 Å². The molecule has 1 unspecified atom stereocenters. The van der Waals surface area contributed by atoms with Crippen molar-refractivity contribution in [1.82, 2.24) is 5.32 Å². The highest BCUT2D eigenvalue weighted by atomic mass is 79.9. The summed E-state index contributed by atoms with van der Waals surface area (Å²) >= 11 is 3.08. The number of carboxylic acid groups (broad SMARTS) is 1. The van der Waals surface area contributed by atoms with Crippen LogP contribution in [-0.2, 0) is 4.79 Å². The molecular weight excluding hydrogens is 308 g/mol. The number of nitrogens with zero attached hydrogens (tertiary/aromatic N) is 1. The lowest BCUT2D eigenvalue weighted by atomic mass is 10.2. The molecule has 0 saturated carbocycles. The molecule has 2 N–H and O–H groups in total. The molecule has 0 aliphatic heterocycles. The van der Waals surface area contributed by atoms with Gasteiger partial charge < -0.3 is 10.4 Å². The Morgan fingerprint density at radius 1 is 1.50 bits per heavy atom. The Kier molecular flexibility index (Phi) is 4.38. The van der Waals surface area contributed by atoms with Gasteiger partial charge in [-0.2, -0.15) is 0 Å².